The lowest BCUT2D eigenvalue weighted by Crippen LogP contribution is -2.39. The summed E-state index contributed by atoms with van der Waals surface area (Å²) in [5.74, 6) is -1.10. The van der Waals surface area contributed by atoms with Gasteiger partial charge in [-0.15, -0.1) is 0 Å². The summed E-state index contributed by atoms with van der Waals surface area (Å²) in [6, 6.07) is 0. The second-order valence-corrected chi connectivity index (χ2v) is 3.80. The van der Waals surface area contributed by atoms with E-state index in [9.17, 15) is 9.59 Å². The van der Waals surface area contributed by atoms with E-state index in [0.29, 0.717) is 5.69 Å². The van der Waals surface area contributed by atoms with E-state index >= 15 is 0 Å². The van der Waals surface area contributed by atoms with Gasteiger partial charge in [0.05, 0.1) is 31.2 Å². The molecule has 92 valence electrons. The van der Waals surface area contributed by atoms with Gasteiger partial charge in [-0.2, -0.15) is 0 Å². The molecule has 0 aliphatic carbocycles. The van der Waals surface area contributed by atoms with E-state index in [4.69, 9.17) is 23.1 Å². The largest absolute Gasteiger partial charge is 0.369 e. The summed E-state index contributed by atoms with van der Waals surface area (Å²) in [7, 11) is 0. The molecule has 1 aromatic rings. The van der Waals surface area contributed by atoms with Crippen molar-refractivity contribution in [2.75, 3.05) is 13.1 Å². The molecule has 4 N–H and O–H groups in total. The van der Waals surface area contributed by atoms with Gasteiger partial charge >= 0.3 is 0 Å². The molecule has 2 amide bonds. The van der Waals surface area contributed by atoms with Crippen molar-refractivity contribution < 1.29 is 9.59 Å². The number of hydrogen-bond acceptors (Lipinski definition) is 5. The number of carbonyl (C=O) groups is 2. The molecule has 0 fully saturated rings. The molecule has 0 radical (unpaired) electrons. The maximum Gasteiger partial charge on any atom is 0.231 e. The first-order valence-corrected chi connectivity index (χ1v) is 5.10. The van der Waals surface area contributed by atoms with E-state index < -0.39 is 11.8 Å². The molecule has 7 nitrogen and oxygen atoms in total. The average molecular weight is 258 g/mol. The molecule has 0 unspecified atom stereocenters. The summed E-state index contributed by atoms with van der Waals surface area (Å²) in [6.07, 6.45) is 2.83. The number of carbonyl (C=O) groups excluding carboxylic acids is 2. The third-order valence-corrected chi connectivity index (χ3v) is 2.01. The van der Waals surface area contributed by atoms with E-state index in [1.165, 1.54) is 17.3 Å². The lowest BCUT2D eigenvalue weighted by Gasteiger charge is -2.17. The van der Waals surface area contributed by atoms with Gasteiger partial charge in [0.2, 0.25) is 11.8 Å². The number of nitrogens with two attached hydrogens (primary N) is 2. The molecule has 0 aliphatic rings. The molecule has 0 spiro atoms. The van der Waals surface area contributed by atoms with Crippen LogP contribution in [-0.4, -0.2) is 39.8 Å². The van der Waals surface area contributed by atoms with Crippen molar-refractivity contribution in [3.63, 3.8) is 0 Å². The third-order valence-electron chi connectivity index (χ3n) is 1.82. The van der Waals surface area contributed by atoms with Gasteiger partial charge in [0.15, 0.2) is 0 Å². The molecule has 0 aromatic carbocycles. The van der Waals surface area contributed by atoms with Crippen LogP contribution in [0.4, 0.5) is 0 Å². The van der Waals surface area contributed by atoms with Crippen molar-refractivity contribution in [2.24, 2.45) is 11.5 Å². The van der Waals surface area contributed by atoms with Crippen LogP contribution in [0.2, 0.25) is 5.15 Å². The number of amides is 2. The fourth-order valence-corrected chi connectivity index (χ4v) is 1.36. The van der Waals surface area contributed by atoms with Gasteiger partial charge in [-0.25, -0.2) is 4.98 Å². The molecule has 0 atom stereocenters. The molecule has 1 rings (SSSR count). The third kappa shape index (κ3) is 5.23. The summed E-state index contributed by atoms with van der Waals surface area (Å²) < 4.78 is 0. The average Bonchev–Trinajstić information content (AvgIpc) is 2.19. The van der Waals surface area contributed by atoms with Crippen molar-refractivity contribution in [3.05, 3.63) is 23.2 Å². The molecule has 0 aliphatic heterocycles. The zero-order valence-electron chi connectivity index (χ0n) is 8.97. The smallest absolute Gasteiger partial charge is 0.231 e. The molecule has 1 heterocycles. The molecule has 0 saturated carbocycles. The highest BCUT2D eigenvalue weighted by Crippen LogP contribution is 2.04. The Bertz CT molecular complexity index is 392. The highest BCUT2D eigenvalue weighted by Gasteiger charge is 2.12. The van der Waals surface area contributed by atoms with Gasteiger partial charge < -0.3 is 11.5 Å². The molecular formula is C9H12ClN5O2. The van der Waals surface area contributed by atoms with Gasteiger partial charge in [-0.1, -0.05) is 11.6 Å². The van der Waals surface area contributed by atoms with Gasteiger partial charge in [0.25, 0.3) is 0 Å². The van der Waals surface area contributed by atoms with Crippen molar-refractivity contribution in [1.82, 2.24) is 14.9 Å². The van der Waals surface area contributed by atoms with E-state index in [1.54, 1.807) is 0 Å². The van der Waals surface area contributed by atoms with Crippen LogP contribution in [-0.2, 0) is 16.1 Å². The Balaban J connectivity index is 2.67. The topological polar surface area (TPSA) is 115 Å². The van der Waals surface area contributed by atoms with E-state index in [2.05, 4.69) is 9.97 Å². The fourth-order valence-electron chi connectivity index (χ4n) is 1.26. The highest BCUT2D eigenvalue weighted by molar-refractivity contribution is 6.29. The fraction of sp³-hybridized carbons (Fsp3) is 0.333. The first kappa shape index (κ1) is 13.3. The van der Waals surface area contributed by atoms with E-state index in [1.807, 2.05) is 0 Å². The molecule has 8 heteroatoms. The molecular weight excluding hydrogens is 246 g/mol. The summed E-state index contributed by atoms with van der Waals surface area (Å²) in [5.41, 5.74) is 10.7. The van der Waals surface area contributed by atoms with Crippen molar-refractivity contribution in [3.8, 4) is 0 Å². The second-order valence-electron chi connectivity index (χ2n) is 3.41. The minimum atomic E-state index is -0.548. The Morgan fingerprint density at radius 2 is 1.76 bits per heavy atom. The van der Waals surface area contributed by atoms with Crippen molar-refractivity contribution in [2.45, 2.75) is 6.54 Å². The highest BCUT2D eigenvalue weighted by atomic mass is 35.5. The quantitative estimate of drug-likeness (QED) is 0.671. The van der Waals surface area contributed by atoms with Crippen LogP contribution in [0.1, 0.15) is 5.69 Å². The van der Waals surface area contributed by atoms with Crippen molar-refractivity contribution >= 4 is 23.4 Å². The van der Waals surface area contributed by atoms with Gasteiger partial charge in [-0.05, 0) is 0 Å². The summed E-state index contributed by atoms with van der Waals surface area (Å²) >= 11 is 5.58. The SMILES string of the molecule is NC(=O)CN(CC(N)=O)Cc1cnc(Cl)cn1. The van der Waals surface area contributed by atoms with Crippen LogP contribution in [0.15, 0.2) is 12.4 Å². The molecule has 17 heavy (non-hydrogen) atoms. The number of hydrogen-bond donors (Lipinski definition) is 2. The standard InChI is InChI=1S/C9H12ClN5O2/c10-7-2-13-6(1-14-7)3-15(4-8(11)16)5-9(12)17/h1-2H,3-5H2,(H2,11,16)(H2,12,17). The van der Waals surface area contributed by atoms with Crippen LogP contribution >= 0.6 is 11.6 Å². The lowest BCUT2D eigenvalue weighted by atomic mass is 10.3. The maximum absolute atomic E-state index is 10.8. The van der Waals surface area contributed by atoms with Crippen LogP contribution in [0.25, 0.3) is 0 Å². The number of aromatic nitrogens is 2. The van der Waals surface area contributed by atoms with E-state index in [0.717, 1.165) is 0 Å². The van der Waals surface area contributed by atoms with Crippen LogP contribution in [0, 0.1) is 0 Å². The Morgan fingerprint density at radius 1 is 1.18 bits per heavy atom. The number of nitrogens with zero attached hydrogens (tertiary/aromatic N) is 3. The van der Waals surface area contributed by atoms with Gasteiger partial charge in [-0.3, -0.25) is 19.5 Å². The predicted octanol–water partition coefficient (Wildman–Crippen LogP) is -1.10. The van der Waals surface area contributed by atoms with Crippen LogP contribution in [0.3, 0.4) is 0 Å². The molecule has 0 saturated heterocycles. The first-order valence-electron chi connectivity index (χ1n) is 4.72. The Kier molecular flexibility index (Phi) is 4.80. The predicted molar refractivity (Wildman–Crippen MR) is 60.7 cm³/mol. The summed E-state index contributed by atoms with van der Waals surface area (Å²) in [4.78, 5) is 30.9. The monoisotopic (exact) mass is 257 g/mol. The molecule has 0 bridgehead atoms. The zero-order valence-corrected chi connectivity index (χ0v) is 9.72. The Hall–Kier alpha value is -1.73. The number of halogens is 1. The van der Waals surface area contributed by atoms with E-state index in [-0.39, 0.29) is 24.8 Å². The first-order chi connectivity index (χ1) is 7.97. The minimum Gasteiger partial charge on any atom is -0.369 e. The number of rotatable bonds is 6. The second kappa shape index (κ2) is 6.12. The van der Waals surface area contributed by atoms with Crippen LogP contribution in [0.5, 0.6) is 0 Å². The maximum atomic E-state index is 10.8. The van der Waals surface area contributed by atoms with Crippen LogP contribution < -0.4 is 11.5 Å². The Morgan fingerprint density at radius 3 is 2.18 bits per heavy atom. The number of primary amides is 2. The summed E-state index contributed by atoms with van der Waals surface area (Å²) in [6.45, 7) is 0.0938. The zero-order chi connectivity index (χ0) is 12.8. The van der Waals surface area contributed by atoms with Gasteiger partial charge in [0.1, 0.15) is 5.15 Å². The van der Waals surface area contributed by atoms with Crippen molar-refractivity contribution in [1.29, 1.82) is 0 Å². The Labute approximate surface area is 103 Å². The van der Waals surface area contributed by atoms with Gasteiger partial charge in [0, 0.05) is 6.54 Å². The lowest BCUT2D eigenvalue weighted by molar-refractivity contribution is -0.122. The molecule has 1 aromatic heterocycles. The summed E-state index contributed by atoms with van der Waals surface area (Å²) in [5, 5.41) is 0.269. The minimum absolute atomic E-state index is 0.0761. The normalized spacial score (nSPS) is 10.5.